The maximum atomic E-state index is 11.9. The van der Waals surface area contributed by atoms with Gasteiger partial charge in [0.15, 0.2) is 6.29 Å². The van der Waals surface area contributed by atoms with Crippen LogP contribution >= 0.6 is 12.9 Å². The van der Waals surface area contributed by atoms with Gasteiger partial charge in [-0.25, -0.2) is 0 Å². The Kier molecular flexibility index (Phi) is 12.8. The predicted octanol–water partition coefficient (Wildman–Crippen LogP) is -4.27. The molecule has 37 heavy (non-hydrogen) atoms. The lowest BCUT2D eigenvalue weighted by Crippen LogP contribution is -2.65. The van der Waals surface area contributed by atoms with Gasteiger partial charge in [-0.2, -0.15) is 0 Å². The second-order valence-corrected chi connectivity index (χ2v) is 9.50. The molecule has 2 rings (SSSR count). The van der Waals surface area contributed by atoms with Crippen molar-refractivity contribution in [2.24, 2.45) is 5.92 Å². The van der Waals surface area contributed by atoms with Gasteiger partial charge < -0.3 is 65.1 Å². The highest BCUT2D eigenvalue weighted by atomic mass is 32.1. The molecule has 2 aliphatic heterocycles. The minimum Gasteiger partial charge on any atom is -0.394 e. The van der Waals surface area contributed by atoms with E-state index in [1.807, 2.05) is 0 Å². The second kappa shape index (κ2) is 14.6. The molecule has 15 nitrogen and oxygen atoms in total. The van der Waals surface area contributed by atoms with Gasteiger partial charge in [-0.05, 0) is 33.2 Å². The van der Waals surface area contributed by atoms with Crippen LogP contribution in [0.25, 0.3) is 0 Å². The fourth-order valence-electron chi connectivity index (χ4n) is 4.51. The summed E-state index contributed by atoms with van der Waals surface area (Å²) in [7, 11) is 0. The molecule has 0 saturated carbocycles. The van der Waals surface area contributed by atoms with Crippen LogP contribution in [0.4, 0.5) is 0 Å². The maximum absolute atomic E-state index is 11.9. The number of amides is 1. The fraction of sp³-hybridized carbons (Fsp3) is 0.952. The highest BCUT2D eigenvalue weighted by molar-refractivity contribution is 7.75. The van der Waals surface area contributed by atoms with Gasteiger partial charge in [0.05, 0.1) is 43.7 Å². The van der Waals surface area contributed by atoms with Crippen molar-refractivity contribution in [1.29, 1.82) is 0 Å². The molecule has 2 heterocycles. The average Bonchev–Trinajstić information content (AvgIpc) is 2.85. The number of carbonyl (C=O) groups excluding carboxylic acids is 1. The Balaban J connectivity index is 2.44. The van der Waals surface area contributed by atoms with Gasteiger partial charge in [0, 0.05) is 12.8 Å². The van der Waals surface area contributed by atoms with E-state index in [1.54, 1.807) is 0 Å². The third-order valence-corrected chi connectivity index (χ3v) is 6.75. The summed E-state index contributed by atoms with van der Waals surface area (Å²) in [4.78, 5) is 11.9. The Morgan fingerprint density at radius 1 is 1.05 bits per heavy atom. The summed E-state index contributed by atoms with van der Waals surface area (Å²) < 4.78 is 27.1. The minimum absolute atomic E-state index is 0.202. The van der Waals surface area contributed by atoms with E-state index in [1.165, 1.54) is 20.8 Å². The number of carbonyl (C=O) groups is 1. The van der Waals surface area contributed by atoms with Crippen molar-refractivity contribution in [3.63, 3.8) is 0 Å². The molecule has 1 amide bonds. The van der Waals surface area contributed by atoms with E-state index in [2.05, 4.69) is 22.4 Å². The van der Waals surface area contributed by atoms with Gasteiger partial charge in [0.2, 0.25) is 18.5 Å². The Morgan fingerprint density at radius 2 is 1.70 bits per heavy atom. The highest BCUT2D eigenvalue weighted by Crippen LogP contribution is 2.36. The van der Waals surface area contributed by atoms with Crippen LogP contribution in [0.15, 0.2) is 0 Å². The van der Waals surface area contributed by atoms with Crippen molar-refractivity contribution in [2.75, 3.05) is 13.2 Å². The first-order valence-electron chi connectivity index (χ1n) is 11.8. The molecule has 0 aromatic heterocycles. The van der Waals surface area contributed by atoms with Crippen molar-refractivity contribution in [1.82, 2.24) is 5.32 Å². The molecule has 2 aliphatic rings. The quantitative estimate of drug-likeness (QED) is 0.0617. The van der Waals surface area contributed by atoms with Crippen LogP contribution in [0.5, 0.6) is 0 Å². The first-order chi connectivity index (χ1) is 17.4. The van der Waals surface area contributed by atoms with Gasteiger partial charge in [0.1, 0.15) is 30.5 Å². The molecule has 16 heteroatoms. The molecule has 0 radical (unpaired) electrons. The van der Waals surface area contributed by atoms with E-state index in [0.29, 0.717) is 0 Å². The van der Waals surface area contributed by atoms with E-state index in [0.717, 1.165) is 0 Å². The first kappa shape index (κ1) is 32.5. The molecule has 0 aliphatic carbocycles. The number of hydrogen-bond acceptors (Lipinski definition) is 15. The van der Waals surface area contributed by atoms with Crippen molar-refractivity contribution in [2.45, 2.75) is 107 Å². The average molecular weight is 562 g/mol. The van der Waals surface area contributed by atoms with Crippen LogP contribution in [0.3, 0.4) is 0 Å². The van der Waals surface area contributed by atoms with E-state index in [4.69, 9.17) is 18.9 Å². The largest absolute Gasteiger partial charge is 0.394 e. The van der Waals surface area contributed by atoms with Crippen LogP contribution in [0.2, 0.25) is 0 Å². The highest BCUT2D eigenvalue weighted by Gasteiger charge is 2.51. The molecule has 12 unspecified atom stereocenters. The number of rotatable bonds is 12. The normalized spacial score (nSPS) is 40.0. The monoisotopic (exact) mass is 561 g/mol. The molecule has 0 aromatic carbocycles. The molecular weight excluding hydrogens is 522 g/mol. The van der Waals surface area contributed by atoms with Crippen molar-refractivity contribution >= 4 is 18.8 Å². The topological polar surface area (TPSA) is 237 Å². The molecule has 9 N–H and O–H groups in total. The van der Waals surface area contributed by atoms with Gasteiger partial charge in [-0.1, -0.05) is 0 Å². The second-order valence-electron chi connectivity index (χ2n) is 9.29. The summed E-state index contributed by atoms with van der Waals surface area (Å²) in [6, 6.07) is -1.19. The molecular formula is C21H39NO14S. The number of ether oxygens (including phenoxy) is 4. The summed E-state index contributed by atoms with van der Waals surface area (Å²) in [6.07, 6.45) is -17.0. The third kappa shape index (κ3) is 8.15. The van der Waals surface area contributed by atoms with Crippen LogP contribution in [-0.2, 0) is 27.9 Å². The standard InChI is InChI=1S/C21H39NO14S/c1-7(25)12(5-23)34-21(20(31)36-37)35-18-10(4-11-16(28)17(29)15(27)8(2)32-11)14(22-9(3)26)19(30)33-13(18)6-24/h7-8,10-21,23-25,27-31,37H,4-6H2,1-3H3,(H,22,26)/t7-,8?,10?,11?,12?,13?,14?,15?,16?,17?,18?,19?,20+,21?/m1/s1. The Morgan fingerprint density at radius 3 is 2.22 bits per heavy atom. The molecule has 218 valence electrons. The summed E-state index contributed by atoms with van der Waals surface area (Å²) in [5.74, 6) is -1.58. The summed E-state index contributed by atoms with van der Waals surface area (Å²) in [5.41, 5.74) is 0. The number of nitrogens with one attached hydrogen (secondary N) is 1. The fourth-order valence-corrected chi connectivity index (χ4v) is 4.61. The molecule has 2 saturated heterocycles. The zero-order valence-corrected chi connectivity index (χ0v) is 21.6. The lowest BCUT2D eigenvalue weighted by molar-refractivity contribution is -0.329. The Hall–Kier alpha value is -0.700. The zero-order chi connectivity index (χ0) is 28.0. The molecule has 0 aromatic rings. The lowest BCUT2D eigenvalue weighted by atomic mass is 9.80. The first-order valence-corrected chi connectivity index (χ1v) is 12.2. The molecule has 2 fully saturated rings. The SMILES string of the molecule is CC(=O)NC1C(O)OC(CO)C(OC(OC(CO)[C@@H](C)O)[C@@H](O)OS)C1CC1OC(C)C(O)C(O)C1O. The van der Waals surface area contributed by atoms with Crippen LogP contribution in [0, 0.1) is 5.92 Å². The smallest absolute Gasteiger partial charge is 0.219 e. The third-order valence-electron chi connectivity index (χ3n) is 6.54. The lowest BCUT2D eigenvalue weighted by Gasteiger charge is -2.48. The summed E-state index contributed by atoms with van der Waals surface area (Å²) in [5, 5.41) is 83.6. The van der Waals surface area contributed by atoms with E-state index < -0.39 is 105 Å². The van der Waals surface area contributed by atoms with Gasteiger partial charge in [-0.3, -0.25) is 8.98 Å². The van der Waals surface area contributed by atoms with Gasteiger partial charge in [0.25, 0.3) is 0 Å². The van der Waals surface area contributed by atoms with E-state index in [9.17, 15) is 45.6 Å². The Labute approximate surface area is 219 Å². The van der Waals surface area contributed by atoms with Gasteiger partial charge >= 0.3 is 0 Å². The predicted molar refractivity (Wildman–Crippen MR) is 124 cm³/mol. The number of aliphatic hydroxyl groups excluding tert-OH is 8. The van der Waals surface area contributed by atoms with Crippen LogP contribution < -0.4 is 5.32 Å². The summed E-state index contributed by atoms with van der Waals surface area (Å²) >= 11 is 3.55. The van der Waals surface area contributed by atoms with E-state index >= 15 is 0 Å². The van der Waals surface area contributed by atoms with Gasteiger partial charge in [-0.15, -0.1) is 0 Å². The number of aliphatic hydroxyl groups is 8. The van der Waals surface area contributed by atoms with Crippen LogP contribution in [0.1, 0.15) is 27.2 Å². The molecule has 0 bridgehead atoms. The maximum Gasteiger partial charge on any atom is 0.219 e. The zero-order valence-electron chi connectivity index (χ0n) is 20.7. The number of hydrogen-bond donors (Lipinski definition) is 10. The summed E-state index contributed by atoms with van der Waals surface area (Å²) in [6.45, 7) is 2.61. The molecule has 14 atom stereocenters. The minimum atomic E-state index is -1.88. The van der Waals surface area contributed by atoms with Crippen molar-refractivity contribution in [3.8, 4) is 0 Å². The van der Waals surface area contributed by atoms with E-state index in [-0.39, 0.29) is 6.42 Å². The van der Waals surface area contributed by atoms with Crippen molar-refractivity contribution in [3.05, 3.63) is 0 Å². The number of thiol groups is 1. The van der Waals surface area contributed by atoms with Crippen molar-refractivity contribution < 1.29 is 68.8 Å². The Bertz CT molecular complexity index is 706. The molecule has 0 spiro atoms. The van der Waals surface area contributed by atoms with Crippen LogP contribution in [-0.4, -0.2) is 140 Å².